The van der Waals surface area contributed by atoms with Crippen LogP contribution < -0.4 is 5.32 Å². The van der Waals surface area contributed by atoms with Crippen LogP contribution in [0.2, 0.25) is 0 Å². The van der Waals surface area contributed by atoms with Gasteiger partial charge in [-0.05, 0) is 38.3 Å². The molecule has 98 valence electrons. The first-order valence-electron chi connectivity index (χ1n) is 6.81. The summed E-state index contributed by atoms with van der Waals surface area (Å²) in [5, 5.41) is 3.29. The zero-order chi connectivity index (χ0) is 13.2. The Kier molecular flexibility index (Phi) is 3.15. The van der Waals surface area contributed by atoms with Crippen molar-refractivity contribution in [2.24, 2.45) is 0 Å². The molecule has 0 unspecified atom stereocenters. The molecule has 0 spiro atoms. The fourth-order valence-corrected chi connectivity index (χ4v) is 2.17. The Hall–Kier alpha value is -1.97. The molecule has 2 aromatic rings. The quantitative estimate of drug-likeness (QED) is 0.910. The van der Waals surface area contributed by atoms with E-state index in [2.05, 4.69) is 28.3 Å². The Balaban J connectivity index is 2.06. The summed E-state index contributed by atoms with van der Waals surface area (Å²) >= 11 is 0. The van der Waals surface area contributed by atoms with Crippen molar-refractivity contribution in [2.75, 3.05) is 11.9 Å². The number of anilines is 1. The molecular weight excluding hydrogens is 236 g/mol. The molecule has 1 N–H and O–H groups in total. The first-order chi connectivity index (χ1) is 9.28. The van der Waals surface area contributed by atoms with Crippen molar-refractivity contribution >= 4 is 5.82 Å². The lowest BCUT2D eigenvalue weighted by Crippen LogP contribution is -2.04. The Labute approximate surface area is 113 Å². The van der Waals surface area contributed by atoms with Crippen LogP contribution in [0.3, 0.4) is 0 Å². The second-order valence-electron chi connectivity index (χ2n) is 5.00. The van der Waals surface area contributed by atoms with Gasteiger partial charge in [0.25, 0.3) is 0 Å². The van der Waals surface area contributed by atoms with Gasteiger partial charge in [0.2, 0.25) is 0 Å². The molecule has 4 nitrogen and oxygen atoms in total. The van der Waals surface area contributed by atoms with Crippen molar-refractivity contribution in [3.05, 3.63) is 35.8 Å². The van der Waals surface area contributed by atoms with Gasteiger partial charge in [-0.1, -0.05) is 0 Å². The Morgan fingerprint density at radius 2 is 2.16 bits per heavy atom. The van der Waals surface area contributed by atoms with E-state index in [1.54, 1.807) is 6.20 Å². The average molecular weight is 254 g/mol. The van der Waals surface area contributed by atoms with Crippen LogP contribution in [0.4, 0.5) is 5.82 Å². The smallest absolute Gasteiger partial charge is 0.162 e. The molecule has 2 heterocycles. The fraction of sp³-hybridized carbons (Fsp3) is 0.400. The lowest BCUT2D eigenvalue weighted by Gasteiger charge is -2.09. The topological polar surface area (TPSA) is 50.7 Å². The number of aromatic nitrogens is 3. The van der Waals surface area contributed by atoms with Crippen molar-refractivity contribution in [1.82, 2.24) is 15.0 Å². The average Bonchev–Trinajstić information content (AvgIpc) is 3.23. The van der Waals surface area contributed by atoms with E-state index < -0.39 is 0 Å². The number of aryl methyl sites for hydroxylation is 1. The standard InChI is InChI=1S/C15H18N4/c1-3-17-14-8-13(11-4-5-11)18-15(19-14)12-6-7-16-9-10(12)2/h6-9,11H,3-5H2,1-2H3,(H,17,18,19). The van der Waals surface area contributed by atoms with Crippen LogP contribution in [0.15, 0.2) is 24.5 Å². The first-order valence-corrected chi connectivity index (χ1v) is 6.81. The summed E-state index contributed by atoms with van der Waals surface area (Å²) in [6.45, 7) is 4.99. The van der Waals surface area contributed by atoms with E-state index in [4.69, 9.17) is 4.98 Å². The molecule has 4 heteroatoms. The molecule has 2 aromatic heterocycles. The van der Waals surface area contributed by atoms with Gasteiger partial charge in [0.15, 0.2) is 5.82 Å². The number of nitrogens with one attached hydrogen (secondary N) is 1. The van der Waals surface area contributed by atoms with Crippen molar-refractivity contribution in [2.45, 2.75) is 32.6 Å². The highest BCUT2D eigenvalue weighted by Crippen LogP contribution is 2.40. The van der Waals surface area contributed by atoms with Crippen LogP contribution >= 0.6 is 0 Å². The first kappa shape index (κ1) is 12.1. The molecule has 1 aliphatic rings. The van der Waals surface area contributed by atoms with Crippen LogP contribution in [0.1, 0.15) is 36.9 Å². The predicted molar refractivity (Wildman–Crippen MR) is 76.1 cm³/mol. The SMILES string of the molecule is CCNc1cc(C2CC2)nc(-c2ccncc2C)n1. The van der Waals surface area contributed by atoms with Crippen LogP contribution in [-0.2, 0) is 0 Å². The van der Waals surface area contributed by atoms with Crippen LogP contribution in [0, 0.1) is 6.92 Å². The zero-order valence-electron chi connectivity index (χ0n) is 11.3. The molecule has 0 aromatic carbocycles. The van der Waals surface area contributed by atoms with Gasteiger partial charge in [-0.25, -0.2) is 9.97 Å². The molecule has 1 saturated carbocycles. The highest BCUT2D eigenvalue weighted by atomic mass is 15.0. The summed E-state index contributed by atoms with van der Waals surface area (Å²) in [6.07, 6.45) is 6.15. The lowest BCUT2D eigenvalue weighted by molar-refractivity contribution is 0.986. The van der Waals surface area contributed by atoms with E-state index in [9.17, 15) is 0 Å². The molecular formula is C15H18N4. The third kappa shape index (κ3) is 2.57. The Morgan fingerprint density at radius 3 is 2.84 bits per heavy atom. The molecule has 0 amide bonds. The summed E-state index contributed by atoms with van der Waals surface area (Å²) in [5.74, 6) is 2.35. The molecule has 0 saturated heterocycles. The van der Waals surface area contributed by atoms with Crippen molar-refractivity contribution in [3.63, 3.8) is 0 Å². The number of hydrogen-bond acceptors (Lipinski definition) is 4. The summed E-state index contributed by atoms with van der Waals surface area (Å²) in [7, 11) is 0. The van der Waals surface area contributed by atoms with Gasteiger partial charge in [-0.3, -0.25) is 4.98 Å². The van der Waals surface area contributed by atoms with Gasteiger partial charge in [-0.15, -0.1) is 0 Å². The molecule has 1 aliphatic carbocycles. The van der Waals surface area contributed by atoms with E-state index >= 15 is 0 Å². The molecule has 0 radical (unpaired) electrons. The molecule has 0 bridgehead atoms. The highest BCUT2D eigenvalue weighted by Gasteiger charge is 2.26. The minimum absolute atomic E-state index is 0.626. The van der Waals surface area contributed by atoms with Crippen LogP contribution in [-0.4, -0.2) is 21.5 Å². The molecule has 0 aliphatic heterocycles. The summed E-state index contributed by atoms with van der Waals surface area (Å²) in [6, 6.07) is 4.07. The third-order valence-electron chi connectivity index (χ3n) is 3.36. The maximum absolute atomic E-state index is 4.73. The van der Waals surface area contributed by atoms with Crippen molar-refractivity contribution in [1.29, 1.82) is 0 Å². The Bertz CT molecular complexity index is 590. The molecule has 1 fully saturated rings. The van der Waals surface area contributed by atoms with Crippen molar-refractivity contribution < 1.29 is 0 Å². The van der Waals surface area contributed by atoms with E-state index in [1.165, 1.54) is 12.8 Å². The lowest BCUT2D eigenvalue weighted by atomic mass is 10.1. The predicted octanol–water partition coefficient (Wildman–Crippen LogP) is 3.16. The normalized spacial score (nSPS) is 14.4. The summed E-state index contributed by atoms with van der Waals surface area (Å²) < 4.78 is 0. The van der Waals surface area contributed by atoms with Gasteiger partial charge in [0.05, 0.1) is 0 Å². The van der Waals surface area contributed by atoms with Gasteiger partial charge < -0.3 is 5.32 Å². The van der Waals surface area contributed by atoms with E-state index in [0.717, 1.165) is 35.0 Å². The maximum Gasteiger partial charge on any atom is 0.162 e. The van der Waals surface area contributed by atoms with E-state index in [-0.39, 0.29) is 0 Å². The van der Waals surface area contributed by atoms with Gasteiger partial charge >= 0.3 is 0 Å². The van der Waals surface area contributed by atoms with Crippen LogP contribution in [0.5, 0.6) is 0 Å². The van der Waals surface area contributed by atoms with Gasteiger partial charge in [-0.2, -0.15) is 0 Å². The van der Waals surface area contributed by atoms with Crippen molar-refractivity contribution in [3.8, 4) is 11.4 Å². The third-order valence-corrected chi connectivity index (χ3v) is 3.36. The molecule has 0 atom stereocenters. The monoisotopic (exact) mass is 254 g/mol. The number of pyridine rings is 1. The largest absolute Gasteiger partial charge is 0.370 e. The minimum atomic E-state index is 0.626. The fourth-order valence-electron chi connectivity index (χ4n) is 2.17. The maximum atomic E-state index is 4.73. The van der Waals surface area contributed by atoms with E-state index in [1.807, 2.05) is 19.2 Å². The zero-order valence-corrected chi connectivity index (χ0v) is 11.3. The van der Waals surface area contributed by atoms with Gasteiger partial charge in [0.1, 0.15) is 5.82 Å². The molecule has 3 rings (SSSR count). The number of nitrogens with zero attached hydrogens (tertiary/aromatic N) is 3. The number of rotatable bonds is 4. The molecule has 19 heavy (non-hydrogen) atoms. The summed E-state index contributed by atoms with van der Waals surface area (Å²) in [4.78, 5) is 13.5. The van der Waals surface area contributed by atoms with Crippen LogP contribution in [0.25, 0.3) is 11.4 Å². The van der Waals surface area contributed by atoms with Gasteiger partial charge in [0, 0.05) is 42.2 Å². The second-order valence-corrected chi connectivity index (χ2v) is 5.00. The second kappa shape index (κ2) is 4.96. The minimum Gasteiger partial charge on any atom is -0.370 e. The Morgan fingerprint density at radius 1 is 1.32 bits per heavy atom. The summed E-state index contributed by atoms with van der Waals surface area (Å²) in [5.41, 5.74) is 3.34. The highest BCUT2D eigenvalue weighted by molar-refractivity contribution is 5.61. The van der Waals surface area contributed by atoms with E-state index in [0.29, 0.717) is 5.92 Å². The number of hydrogen-bond donors (Lipinski definition) is 1.